The van der Waals surface area contributed by atoms with Crippen LogP contribution in [0, 0.1) is 0 Å². The molecule has 2 atom stereocenters. The maximum atomic E-state index is 12.5. The van der Waals surface area contributed by atoms with Crippen molar-refractivity contribution in [1.82, 2.24) is 4.90 Å². The van der Waals surface area contributed by atoms with Crippen LogP contribution in [-0.4, -0.2) is 29.9 Å². The van der Waals surface area contributed by atoms with Gasteiger partial charge in [-0.3, -0.25) is 4.79 Å². The number of halogens is 1. The molecule has 2 N–H and O–H groups in total. The Morgan fingerprint density at radius 3 is 2.59 bits per heavy atom. The number of likely N-dealkylation sites (tertiary alicyclic amines) is 1. The summed E-state index contributed by atoms with van der Waals surface area (Å²) in [6.07, 6.45) is 5.00. The molecule has 1 aromatic rings. The lowest BCUT2D eigenvalue weighted by molar-refractivity contribution is -0.135. The number of hydrogen-bond acceptors (Lipinski definition) is 2. The monoisotopic (exact) mass is 324 g/mol. The van der Waals surface area contributed by atoms with Crippen LogP contribution in [0.5, 0.6) is 0 Å². The molecule has 4 heteroatoms. The zero-order chi connectivity index (χ0) is 15.2. The maximum Gasteiger partial charge on any atom is 0.223 e. The summed E-state index contributed by atoms with van der Waals surface area (Å²) < 4.78 is 0. The molecular formula is C18H29ClN2O. The normalized spacial score (nSPS) is 19.4. The molecule has 1 aliphatic heterocycles. The molecule has 0 radical (unpaired) electrons. The summed E-state index contributed by atoms with van der Waals surface area (Å²) in [5, 5.41) is 0. The SMILES string of the molecule is CCc1ccc(C(C)CC(=O)N2CCCCC2CN)cc1.Cl. The molecule has 1 fully saturated rings. The molecule has 1 amide bonds. The number of benzene rings is 1. The molecule has 0 saturated carbocycles. The van der Waals surface area contributed by atoms with Crippen molar-refractivity contribution in [2.24, 2.45) is 5.73 Å². The van der Waals surface area contributed by atoms with Gasteiger partial charge in [-0.1, -0.05) is 38.1 Å². The highest BCUT2D eigenvalue weighted by molar-refractivity contribution is 5.85. The van der Waals surface area contributed by atoms with Crippen LogP contribution in [0.15, 0.2) is 24.3 Å². The van der Waals surface area contributed by atoms with E-state index < -0.39 is 0 Å². The molecule has 0 aliphatic carbocycles. The molecule has 1 aliphatic rings. The predicted molar refractivity (Wildman–Crippen MR) is 94.5 cm³/mol. The summed E-state index contributed by atoms with van der Waals surface area (Å²) >= 11 is 0. The molecule has 2 rings (SSSR count). The first kappa shape index (κ1) is 19.0. The zero-order valence-electron chi connectivity index (χ0n) is 13.8. The number of nitrogens with zero attached hydrogens (tertiary/aromatic N) is 1. The molecule has 1 heterocycles. The molecule has 0 spiro atoms. The second kappa shape index (κ2) is 9.16. The van der Waals surface area contributed by atoms with Gasteiger partial charge < -0.3 is 10.6 Å². The molecule has 1 saturated heterocycles. The second-order valence-electron chi connectivity index (χ2n) is 6.17. The Kier molecular flexibility index (Phi) is 7.91. The number of hydrogen-bond donors (Lipinski definition) is 1. The van der Waals surface area contributed by atoms with Crippen molar-refractivity contribution in [1.29, 1.82) is 0 Å². The van der Waals surface area contributed by atoms with Crippen LogP contribution in [0.4, 0.5) is 0 Å². The van der Waals surface area contributed by atoms with Crippen LogP contribution < -0.4 is 5.73 Å². The molecular weight excluding hydrogens is 296 g/mol. The molecule has 3 nitrogen and oxygen atoms in total. The third-order valence-corrected chi connectivity index (χ3v) is 4.66. The van der Waals surface area contributed by atoms with Crippen LogP contribution in [0.3, 0.4) is 0 Å². The Morgan fingerprint density at radius 1 is 1.32 bits per heavy atom. The summed E-state index contributed by atoms with van der Waals surface area (Å²) in [4.78, 5) is 14.6. The number of rotatable bonds is 5. The fourth-order valence-electron chi connectivity index (χ4n) is 3.15. The van der Waals surface area contributed by atoms with E-state index in [1.54, 1.807) is 0 Å². The van der Waals surface area contributed by atoms with E-state index in [0.717, 1.165) is 25.8 Å². The first-order valence-corrected chi connectivity index (χ1v) is 8.24. The quantitative estimate of drug-likeness (QED) is 0.901. The van der Waals surface area contributed by atoms with Gasteiger partial charge in [-0.05, 0) is 42.7 Å². The van der Waals surface area contributed by atoms with E-state index in [4.69, 9.17) is 5.73 Å². The standard InChI is InChI=1S/C18H28N2O.ClH/c1-3-15-7-9-16(10-8-15)14(2)12-18(21)20-11-5-4-6-17(20)13-19;/h7-10,14,17H,3-6,11-13,19H2,1-2H3;1H. The summed E-state index contributed by atoms with van der Waals surface area (Å²) in [7, 11) is 0. The number of carbonyl (C=O) groups excluding carboxylic acids is 1. The first-order chi connectivity index (χ1) is 10.2. The molecule has 2 unspecified atom stereocenters. The average molecular weight is 325 g/mol. The third kappa shape index (κ3) is 4.72. The molecule has 22 heavy (non-hydrogen) atoms. The molecule has 0 bridgehead atoms. The average Bonchev–Trinajstić information content (AvgIpc) is 2.54. The molecule has 0 aromatic heterocycles. The van der Waals surface area contributed by atoms with Gasteiger partial charge in [0.25, 0.3) is 0 Å². The fourth-order valence-corrected chi connectivity index (χ4v) is 3.15. The van der Waals surface area contributed by atoms with Gasteiger partial charge in [-0.25, -0.2) is 0 Å². The topological polar surface area (TPSA) is 46.3 Å². The van der Waals surface area contributed by atoms with Crippen molar-refractivity contribution in [3.05, 3.63) is 35.4 Å². The number of piperidine rings is 1. The predicted octanol–water partition coefficient (Wildman–Crippen LogP) is 3.50. The van der Waals surface area contributed by atoms with E-state index in [1.165, 1.54) is 17.5 Å². The van der Waals surface area contributed by atoms with Gasteiger partial charge in [0.15, 0.2) is 0 Å². The van der Waals surface area contributed by atoms with E-state index in [9.17, 15) is 4.79 Å². The Bertz CT molecular complexity index is 461. The van der Waals surface area contributed by atoms with Gasteiger partial charge in [0, 0.05) is 25.6 Å². The second-order valence-corrected chi connectivity index (χ2v) is 6.17. The van der Waals surface area contributed by atoms with Gasteiger partial charge in [0.2, 0.25) is 5.91 Å². The number of aryl methyl sites for hydroxylation is 1. The van der Waals surface area contributed by atoms with Crippen molar-refractivity contribution in [2.45, 2.75) is 57.9 Å². The van der Waals surface area contributed by atoms with Crippen molar-refractivity contribution >= 4 is 18.3 Å². The van der Waals surface area contributed by atoms with E-state index in [-0.39, 0.29) is 30.3 Å². The third-order valence-electron chi connectivity index (χ3n) is 4.66. The van der Waals surface area contributed by atoms with Crippen molar-refractivity contribution in [2.75, 3.05) is 13.1 Å². The van der Waals surface area contributed by atoms with Crippen LogP contribution in [0.25, 0.3) is 0 Å². The van der Waals surface area contributed by atoms with Gasteiger partial charge in [-0.15, -0.1) is 12.4 Å². The highest BCUT2D eigenvalue weighted by Gasteiger charge is 2.26. The number of carbonyl (C=O) groups is 1. The minimum absolute atomic E-state index is 0. The lowest BCUT2D eigenvalue weighted by Gasteiger charge is -2.35. The minimum Gasteiger partial charge on any atom is -0.338 e. The summed E-state index contributed by atoms with van der Waals surface area (Å²) in [5.41, 5.74) is 8.41. The lowest BCUT2D eigenvalue weighted by atomic mass is 9.94. The Hall–Kier alpha value is -1.06. The van der Waals surface area contributed by atoms with Crippen LogP contribution >= 0.6 is 12.4 Å². The van der Waals surface area contributed by atoms with E-state index >= 15 is 0 Å². The van der Waals surface area contributed by atoms with Crippen molar-refractivity contribution in [3.8, 4) is 0 Å². The summed E-state index contributed by atoms with van der Waals surface area (Å²) in [6.45, 7) is 5.76. The smallest absolute Gasteiger partial charge is 0.223 e. The number of nitrogens with two attached hydrogens (primary N) is 1. The Morgan fingerprint density at radius 2 is 2.00 bits per heavy atom. The fraction of sp³-hybridized carbons (Fsp3) is 0.611. The largest absolute Gasteiger partial charge is 0.338 e. The van der Waals surface area contributed by atoms with Crippen molar-refractivity contribution < 1.29 is 4.79 Å². The molecule has 1 aromatic carbocycles. The van der Waals surface area contributed by atoms with Gasteiger partial charge >= 0.3 is 0 Å². The van der Waals surface area contributed by atoms with Crippen molar-refractivity contribution in [3.63, 3.8) is 0 Å². The van der Waals surface area contributed by atoms with E-state index in [2.05, 4.69) is 38.1 Å². The van der Waals surface area contributed by atoms with Gasteiger partial charge in [0.05, 0.1) is 0 Å². The first-order valence-electron chi connectivity index (χ1n) is 8.24. The zero-order valence-corrected chi connectivity index (χ0v) is 14.6. The maximum absolute atomic E-state index is 12.5. The Labute approximate surface area is 140 Å². The summed E-state index contributed by atoms with van der Waals surface area (Å²) in [5.74, 6) is 0.529. The summed E-state index contributed by atoms with van der Waals surface area (Å²) in [6, 6.07) is 8.90. The van der Waals surface area contributed by atoms with Gasteiger partial charge in [0.1, 0.15) is 0 Å². The Balaban J connectivity index is 0.00000242. The van der Waals surface area contributed by atoms with E-state index in [1.807, 2.05) is 4.90 Å². The molecule has 124 valence electrons. The van der Waals surface area contributed by atoms with Crippen LogP contribution in [0.2, 0.25) is 0 Å². The number of amides is 1. The van der Waals surface area contributed by atoms with Crippen LogP contribution in [0.1, 0.15) is 56.6 Å². The lowest BCUT2D eigenvalue weighted by Crippen LogP contribution is -2.47. The van der Waals surface area contributed by atoms with Gasteiger partial charge in [-0.2, -0.15) is 0 Å². The van der Waals surface area contributed by atoms with E-state index in [0.29, 0.717) is 13.0 Å². The highest BCUT2D eigenvalue weighted by atomic mass is 35.5. The highest BCUT2D eigenvalue weighted by Crippen LogP contribution is 2.24. The van der Waals surface area contributed by atoms with Crippen LogP contribution in [-0.2, 0) is 11.2 Å². The minimum atomic E-state index is 0.